The Hall–Kier alpha value is -3.11. The number of nitrogens with zero attached hydrogens (tertiary/aromatic N) is 5. The Morgan fingerprint density at radius 1 is 1.36 bits per heavy atom. The van der Waals surface area contributed by atoms with Crippen LogP contribution in [-0.4, -0.2) is 51.4 Å². The van der Waals surface area contributed by atoms with E-state index in [9.17, 15) is 14.9 Å². The monoisotopic (exact) mass is 400 g/mol. The summed E-state index contributed by atoms with van der Waals surface area (Å²) in [5.74, 6) is -0.336. The van der Waals surface area contributed by atoms with Crippen molar-refractivity contribution in [3.63, 3.8) is 0 Å². The van der Waals surface area contributed by atoms with Crippen LogP contribution in [0.1, 0.15) is 27.1 Å². The number of benzene rings is 1. The Bertz CT molecular complexity index is 983. The van der Waals surface area contributed by atoms with Gasteiger partial charge in [-0.05, 0) is 38.5 Å². The van der Waals surface area contributed by atoms with Crippen molar-refractivity contribution in [2.24, 2.45) is 0 Å². The van der Waals surface area contributed by atoms with E-state index in [0.717, 1.165) is 4.88 Å². The van der Waals surface area contributed by atoms with Crippen molar-refractivity contribution < 1.29 is 9.72 Å². The van der Waals surface area contributed by atoms with Crippen molar-refractivity contribution in [2.45, 2.75) is 13.0 Å². The van der Waals surface area contributed by atoms with Crippen LogP contribution in [0.4, 0.5) is 5.69 Å². The number of hydrogen-bond acceptors (Lipinski definition) is 7. The first-order chi connectivity index (χ1) is 13.4. The highest BCUT2D eigenvalue weighted by Crippen LogP contribution is 2.23. The summed E-state index contributed by atoms with van der Waals surface area (Å²) >= 11 is 1.63. The molecule has 146 valence electrons. The maximum atomic E-state index is 12.6. The number of aromatic nitrogens is 3. The largest absolute Gasteiger partial charge is 0.349 e. The molecule has 2 heterocycles. The molecule has 28 heavy (non-hydrogen) atoms. The molecule has 0 spiro atoms. The second-order valence-corrected chi connectivity index (χ2v) is 7.40. The highest BCUT2D eigenvalue weighted by Gasteiger charge is 2.21. The van der Waals surface area contributed by atoms with Crippen LogP contribution in [0.15, 0.2) is 41.8 Å². The fourth-order valence-corrected chi connectivity index (χ4v) is 3.74. The minimum Gasteiger partial charge on any atom is -0.349 e. The number of nitro benzene ring substituents is 1. The highest BCUT2D eigenvalue weighted by molar-refractivity contribution is 7.10. The smallest absolute Gasteiger partial charge is 0.273 e. The molecule has 9 nitrogen and oxygen atoms in total. The molecule has 0 aliphatic heterocycles. The van der Waals surface area contributed by atoms with E-state index in [-0.39, 0.29) is 23.3 Å². The predicted octanol–water partition coefficient (Wildman–Crippen LogP) is 2.58. The summed E-state index contributed by atoms with van der Waals surface area (Å²) in [7, 11) is 3.92. The van der Waals surface area contributed by atoms with Gasteiger partial charge in [0.15, 0.2) is 5.69 Å². The van der Waals surface area contributed by atoms with Crippen molar-refractivity contribution >= 4 is 22.9 Å². The Morgan fingerprint density at radius 3 is 2.79 bits per heavy atom. The molecule has 0 bridgehead atoms. The third kappa shape index (κ3) is 4.07. The van der Waals surface area contributed by atoms with E-state index in [4.69, 9.17) is 0 Å². The zero-order chi connectivity index (χ0) is 20.3. The van der Waals surface area contributed by atoms with Crippen LogP contribution in [0.5, 0.6) is 0 Å². The number of nitrogens with one attached hydrogen (secondary N) is 1. The first-order valence-electron chi connectivity index (χ1n) is 8.53. The standard InChI is InChI=1S/C18H20N6O3S/c1-12-17(18(25)19-11-15(22(2)3)16-8-5-9-28-16)20-21-23(12)13-6-4-7-14(10-13)24(26)27/h4-10,15H,11H2,1-3H3,(H,19,25). The van der Waals surface area contributed by atoms with Gasteiger partial charge in [-0.1, -0.05) is 17.3 Å². The number of carbonyl (C=O) groups excluding carboxylic acids is 1. The minimum atomic E-state index is -0.477. The van der Waals surface area contributed by atoms with E-state index in [1.807, 2.05) is 36.5 Å². The van der Waals surface area contributed by atoms with Gasteiger partial charge in [-0.25, -0.2) is 4.68 Å². The maximum absolute atomic E-state index is 12.6. The molecule has 0 saturated carbocycles. The molecule has 0 radical (unpaired) electrons. The number of rotatable bonds is 7. The topological polar surface area (TPSA) is 106 Å². The number of amides is 1. The zero-order valence-corrected chi connectivity index (χ0v) is 16.5. The van der Waals surface area contributed by atoms with Crippen LogP contribution >= 0.6 is 11.3 Å². The molecule has 1 amide bonds. The van der Waals surface area contributed by atoms with E-state index in [0.29, 0.717) is 17.9 Å². The first-order valence-corrected chi connectivity index (χ1v) is 9.41. The molecule has 3 rings (SSSR count). The van der Waals surface area contributed by atoms with Crippen LogP contribution in [0, 0.1) is 17.0 Å². The van der Waals surface area contributed by atoms with E-state index in [1.54, 1.807) is 30.4 Å². The highest BCUT2D eigenvalue weighted by atomic mass is 32.1. The molecular formula is C18H20N6O3S. The molecule has 0 aliphatic carbocycles. The average Bonchev–Trinajstić information content (AvgIpc) is 3.31. The van der Waals surface area contributed by atoms with Crippen LogP contribution in [0.25, 0.3) is 5.69 Å². The van der Waals surface area contributed by atoms with Crippen molar-refractivity contribution in [1.82, 2.24) is 25.2 Å². The minimum absolute atomic E-state index is 0.0519. The molecule has 1 N–H and O–H groups in total. The fourth-order valence-electron chi connectivity index (χ4n) is 2.81. The van der Waals surface area contributed by atoms with E-state index >= 15 is 0 Å². The van der Waals surface area contributed by atoms with E-state index < -0.39 is 4.92 Å². The van der Waals surface area contributed by atoms with Gasteiger partial charge in [-0.15, -0.1) is 16.4 Å². The molecule has 1 atom stereocenters. The van der Waals surface area contributed by atoms with Gasteiger partial charge >= 0.3 is 0 Å². The molecule has 0 aliphatic rings. The Labute approximate surface area is 165 Å². The summed E-state index contributed by atoms with van der Waals surface area (Å²) in [6, 6.07) is 10.1. The lowest BCUT2D eigenvalue weighted by Gasteiger charge is -2.23. The van der Waals surface area contributed by atoms with E-state index in [1.165, 1.54) is 16.8 Å². The van der Waals surface area contributed by atoms with Crippen LogP contribution in [0.2, 0.25) is 0 Å². The second kappa shape index (κ2) is 8.28. The Kier molecular flexibility index (Phi) is 5.81. The van der Waals surface area contributed by atoms with Crippen molar-refractivity contribution in [3.8, 4) is 5.69 Å². The summed E-state index contributed by atoms with van der Waals surface area (Å²) in [6.45, 7) is 2.13. The number of carbonyl (C=O) groups is 1. The lowest BCUT2D eigenvalue weighted by molar-refractivity contribution is -0.384. The fraction of sp³-hybridized carbons (Fsp3) is 0.278. The van der Waals surface area contributed by atoms with Gasteiger partial charge in [0, 0.05) is 23.6 Å². The summed E-state index contributed by atoms with van der Waals surface area (Å²) in [6.07, 6.45) is 0. The lowest BCUT2D eigenvalue weighted by atomic mass is 10.2. The molecule has 0 fully saturated rings. The number of thiophene rings is 1. The molecule has 0 saturated heterocycles. The van der Waals surface area contributed by atoms with Gasteiger partial charge < -0.3 is 10.2 Å². The normalized spacial score (nSPS) is 12.1. The zero-order valence-electron chi connectivity index (χ0n) is 15.7. The average molecular weight is 400 g/mol. The van der Waals surface area contributed by atoms with Crippen LogP contribution in [0.3, 0.4) is 0 Å². The molecule has 1 aromatic carbocycles. The predicted molar refractivity (Wildman–Crippen MR) is 106 cm³/mol. The van der Waals surface area contributed by atoms with Crippen LogP contribution < -0.4 is 5.32 Å². The van der Waals surface area contributed by atoms with Crippen molar-refractivity contribution in [1.29, 1.82) is 0 Å². The first kappa shape index (κ1) is 19.6. The SMILES string of the molecule is Cc1c(C(=O)NCC(c2cccs2)N(C)C)nnn1-c1cccc([N+](=O)[O-])c1. The second-order valence-electron chi connectivity index (χ2n) is 6.42. The van der Waals surface area contributed by atoms with Gasteiger partial charge in [0.2, 0.25) is 0 Å². The summed E-state index contributed by atoms with van der Waals surface area (Å²) in [5, 5.41) is 23.9. The summed E-state index contributed by atoms with van der Waals surface area (Å²) in [4.78, 5) is 26.3. The molecule has 10 heteroatoms. The number of hydrogen-bond donors (Lipinski definition) is 1. The third-order valence-electron chi connectivity index (χ3n) is 4.35. The number of likely N-dealkylation sites (N-methyl/N-ethyl adjacent to an activating group) is 1. The van der Waals surface area contributed by atoms with Gasteiger partial charge in [0.05, 0.1) is 22.3 Å². The summed E-state index contributed by atoms with van der Waals surface area (Å²) in [5.41, 5.74) is 1.12. The van der Waals surface area contributed by atoms with Gasteiger partial charge in [-0.2, -0.15) is 0 Å². The van der Waals surface area contributed by atoms with Gasteiger partial charge in [-0.3, -0.25) is 14.9 Å². The van der Waals surface area contributed by atoms with Crippen molar-refractivity contribution in [2.75, 3.05) is 20.6 Å². The maximum Gasteiger partial charge on any atom is 0.273 e. The molecule has 2 aromatic heterocycles. The molecule has 3 aromatic rings. The quantitative estimate of drug-likeness (QED) is 0.483. The summed E-state index contributed by atoms with van der Waals surface area (Å²) < 4.78 is 1.42. The third-order valence-corrected chi connectivity index (χ3v) is 5.32. The van der Waals surface area contributed by atoms with Crippen LogP contribution in [-0.2, 0) is 0 Å². The van der Waals surface area contributed by atoms with Gasteiger partial charge in [0.1, 0.15) is 0 Å². The Balaban J connectivity index is 1.77. The number of nitro groups is 1. The Morgan fingerprint density at radius 2 is 2.14 bits per heavy atom. The van der Waals surface area contributed by atoms with Crippen molar-refractivity contribution in [3.05, 3.63) is 68.2 Å². The molecule has 1 unspecified atom stereocenters. The lowest BCUT2D eigenvalue weighted by Crippen LogP contribution is -2.34. The molecular weight excluding hydrogens is 380 g/mol. The van der Waals surface area contributed by atoms with E-state index in [2.05, 4.69) is 15.6 Å². The van der Waals surface area contributed by atoms with Gasteiger partial charge in [0.25, 0.3) is 11.6 Å². The number of non-ortho nitro benzene ring substituents is 1.